The van der Waals surface area contributed by atoms with E-state index in [4.69, 9.17) is 4.74 Å². The zero-order valence-electron chi connectivity index (χ0n) is 14.9. The van der Waals surface area contributed by atoms with Crippen LogP contribution in [-0.2, 0) is 38.2 Å². The monoisotopic (exact) mass is 374 g/mol. The van der Waals surface area contributed by atoms with Gasteiger partial charge in [-0.05, 0) is 20.8 Å². The molecular weight excluding hydrogens is 352 g/mol. The maximum Gasteiger partial charge on any atom is 0.419 e. The number of carboxylic acid groups (broad SMARTS) is 1. The van der Waals surface area contributed by atoms with E-state index in [-0.39, 0.29) is 19.5 Å². The quantitative estimate of drug-likeness (QED) is 0.336. The molecule has 1 aliphatic rings. The molecule has 0 aromatic heterocycles. The van der Waals surface area contributed by atoms with Crippen molar-refractivity contribution >= 4 is 29.8 Å². The third-order valence-corrected chi connectivity index (χ3v) is 3.20. The molecule has 0 aromatic carbocycles. The highest BCUT2D eigenvalue weighted by Crippen LogP contribution is 2.13. The van der Waals surface area contributed by atoms with Crippen LogP contribution in [0, 0.1) is 0 Å². The Kier molecular flexibility index (Phi) is 7.07. The van der Waals surface area contributed by atoms with Crippen molar-refractivity contribution in [3.63, 3.8) is 0 Å². The van der Waals surface area contributed by atoms with Crippen LogP contribution in [0.1, 0.15) is 27.2 Å². The van der Waals surface area contributed by atoms with Gasteiger partial charge in [-0.2, -0.15) is 0 Å². The van der Waals surface area contributed by atoms with Crippen molar-refractivity contribution in [2.75, 3.05) is 20.2 Å². The first-order chi connectivity index (χ1) is 12.0. The van der Waals surface area contributed by atoms with Gasteiger partial charge in [0, 0.05) is 13.1 Å². The molecular formula is C15H22N2O9. The summed E-state index contributed by atoms with van der Waals surface area (Å²) in [6, 6.07) is -1.03. The lowest BCUT2D eigenvalue weighted by Crippen LogP contribution is -2.61. The van der Waals surface area contributed by atoms with Crippen molar-refractivity contribution in [3.05, 3.63) is 0 Å². The molecule has 0 aromatic rings. The van der Waals surface area contributed by atoms with Crippen LogP contribution in [0.4, 0.5) is 0 Å². The Bertz CT molecular complexity index is 596. The van der Waals surface area contributed by atoms with Crippen LogP contribution < -0.4 is 5.32 Å². The predicted molar refractivity (Wildman–Crippen MR) is 83.5 cm³/mol. The summed E-state index contributed by atoms with van der Waals surface area (Å²) in [5, 5.41) is 12.0. The maximum absolute atomic E-state index is 12.4. The first kappa shape index (κ1) is 21.4. The van der Waals surface area contributed by atoms with E-state index in [0.29, 0.717) is 0 Å². The number of aliphatic carboxylic acids is 1. The van der Waals surface area contributed by atoms with Crippen LogP contribution in [-0.4, -0.2) is 77.9 Å². The number of nitrogens with zero attached hydrogens (tertiary/aromatic N) is 1. The minimum absolute atomic E-state index is 0.102. The minimum Gasteiger partial charge on any atom is -0.477 e. The summed E-state index contributed by atoms with van der Waals surface area (Å²) in [5.41, 5.74) is -0.981. The molecule has 0 spiro atoms. The van der Waals surface area contributed by atoms with Gasteiger partial charge in [0.1, 0.15) is 5.60 Å². The van der Waals surface area contributed by atoms with E-state index in [1.807, 2.05) is 0 Å². The summed E-state index contributed by atoms with van der Waals surface area (Å²) in [6.45, 7) is 4.61. The molecule has 2 unspecified atom stereocenters. The van der Waals surface area contributed by atoms with Gasteiger partial charge in [-0.15, -0.1) is 0 Å². The average Bonchev–Trinajstić information content (AvgIpc) is 2.52. The van der Waals surface area contributed by atoms with Gasteiger partial charge in [-0.25, -0.2) is 14.4 Å². The number of nitrogens with one attached hydrogen (secondary N) is 1. The topological polar surface area (TPSA) is 149 Å². The Hall–Kier alpha value is -2.69. The number of amides is 1. The number of esters is 3. The summed E-state index contributed by atoms with van der Waals surface area (Å²) in [6.07, 6.45) is -2.34. The number of ether oxygens (including phenoxy) is 3. The average molecular weight is 374 g/mol. The second kappa shape index (κ2) is 8.61. The van der Waals surface area contributed by atoms with Crippen molar-refractivity contribution in [3.8, 4) is 0 Å². The molecule has 0 radical (unpaired) electrons. The number of carboxylic acids is 1. The normalized spacial score (nSPS) is 18.7. The molecule has 1 fully saturated rings. The van der Waals surface area contributed by atoms with Gasteiger partial charge >= 0.3 is 23.9 Å². The summed E-state index contributed by atoms with van der Waals surface area (Å²) in [4.78, 5) is 59.4. The smallest absolute Gasteiger partial charge is 0.419 e. The molecule has 2 N–H and O–H groups in total. The van der Waals surface area contributed by atoms with Gasteiger partial charge in [0.25, 0.3) is 6.23 Å². The van der Waals surface area contributed by atoms with E-state index in [2.05, 4.69) is 14.8 Å². The molecule has 146 valence electrons. The first-order valence-corrected chi connectivity index (χ1v) is 7.73. The van der Waals surface area contributed by atoms with Gasteiger partial charge in [0.15, 0.2) is 0 Å². The lowest BCUT2D eigenvalue weighted by Gasteiger charge is -2.35. The molecule has 1 saturated heterocycles. The third-order valence-electron chi connectivity index (χ3n) is 3.20. The maximum atomic E-state index is 12.4. The number of hydrogen-bond donors (Lipinski definition) is 2. The summed E-state index contributed by atoms with van der Waals surface area (Å²) < 4.78 is 13.9. The summed E-state index contributed by atoms with van der Waals surface area (Å²) in [7, 11) is 1.15. The molecule has 0 saturated carbocycles. The summed E-state index contributed by atoms with van der Waals surface area (Å²) >= 11 is 0. The van der Waals surface area contributed by atoms with Gasteiger partial charge in [-0.1, -0.05) is 0 Å². The van der Waals surface area contributed by atoms with Crippen LogP contribution in [0.2, 0.25) is 0 Å². The van der Waals surface area contributed by atoms with Crippen LogP contribution in [0.3, 0.4) is 0 Å². The molecule has 11 nitrogen and oxygen atoms in total. The Morgan fingerprint density at radius 2 is 1.88 bits per heavy atom. The van der Waals surface area contributed by atoms with Gasteiger partial charge in [0.05, 0.1) is 19.6 Å². The molecule has 1 heterocycles. The minimum atomic E-state index is -2.02. The number of carbonyl (C=O) groups is 5. The number of rotatable bonds is 5. The fourth-order valence-corrected chi connectivity index (χ4v) is 2.12. The van der Waals surface area contributed by atoms with Crippen molar-refractivity contribution in [2.24, 2.45) is 0 Å². The van der Waals surface area contributed by atoms with Crippen molar-refractivity contribution in [1.82, 2.24) is 10.2 Å². The Balaban J connectivity index is 2.87. The highest BCUT2D eigenvalue weighted by Gasteiger charge is 2.41. The molecule has 1 rings (SSSR count). The number of piperazine rings is 1. The molecule has 0 bridgehead atoms. The molecule has 2 atom stereocenters. The van der Waals surface area contributed by atoms with Crippen molar-refractivity contribution < 1.29 is 43.3 Å². The van der Waals surface area contributed by atoms with E-state index < -0.39 is 47.7 Å². The second-order valence-electron chi connectivity index (χ2n) is 6.42. The van der Waals surface area contributed by atoms with E-state index >= 15 is 0 Å². The standard InChI is InChI=1S/C15H22N2O9/c1-15(2,3)26-14(23)13(22)25-11(12(20)21)17-6-5-16-8(10(17)19)7-9(18)24-4/h8,11,16H,5-7H2,1-4H3,(H,20,21). The molecule has 1 aliphatic heterocycles. The zero-order valence-corrected chi connectivity index (χ0v) is 14.9. The predicted octanol–water partition coefficient (Wildman–Crippen LogP) is -1.35. The van der Waals surface area contributed by atoms with Crippen LogP contribution >= 0.6 is 0 Å². The molecule has 11 heteroatoms. The Morgan fingerprint density at radius 3 is 2.38 bits per heavy atom. The van der Waals surface area contributed by atoms with Gasteiger partial charge < -0.3 is 24.6 Å². The highest BCUT2D eigenvalue weighted by atomic mass is 16.6. The third kappa shape index (κ3) is 5.99. The molecule has 1 amide bonds. The Morgan fingerprint density at radius 1 is 1.27 bits per heavy atom. The van der Waals surface area contributed by atoms with Crippen molar-refractivity contribution in [1.29, 1.82) is 0 Å². The fraction of sp³-hybridized carbons (Fsp3) is 0.667. The first-order valence-electron chi connectivity index (χ1n) is 7.73. The van der Waals surface area contributed by atoms with Gasteiger partial charge in [-0.3, -0.25) is 14.5 Å². The highest BCUT2D eigenvalue weighted by molar-refractivity contribution is 6.30. The Labute approximate surface area is 149 Å². The number of hydrogen-bond acceptors (Lipinski definition) is 9. The van der Waals surface area contributed by atoms with Crippen LogP contribution in [0.25, 0.3) is 0 Å². The van der Waals surface area contributed by atoms with E-state index in [0.717, 1.165) is 12.0 Å². The molecule has 26 heavy (non-hydrogen) atoms. The van der Waals surface area contributed by atoms with Crippen molar-refractivity contribution in [2.45, 2.75) is 45.1 Å². The SMILES string of the molecule is COC(=O)CC1NCCN(C(OC(=O)C(=O)OC(C)(C)C)C(=O)O)C1=O. The number of methoxy groups -OCH3 is 1. The van der Waals surface area contributed by atoms with E-state index in [1.165, 1.54) is 20.8 Å². The second-order valence-corrected chi connectivity index (χ2v) is 6.42. The molecule has 0 aliphatic carbocycles. The lowest BCUT2D eigenvalue weighted by molar-refractivity contribution is -0.192. The largest absolute Gasteiger partial charge is 0.477 e. The van der Waals surface area contributed by atoms with Crippen LogP contribution in [0.5, 0.6) is 0 Å². The zero-order chi connectivity index (χ0) is 20.1. The van der Waals surface area contributed by atoms with E-state index in [1.54, 1.807) is 0 Å². The number of carbonyl (C=O) groups excluding carboxylic acids is 4. The van der Waals surface area contributed by atoms with Crippen LogP contribution in [0.15, 0.2) is 0 Å². The van der Waals surface area contributed by atoms with Gasteiger partial charge in [0.2, 0.25) is 5.91 Å². The lowest BCUT2D eigenvalue weighted by atomic mass is 10.1. The van der Waals surface area contributed by atoms with E-state index in [9.17, 15) is 29.1 Å². The fourth-order valence-electron chi connectivity index (χ4n) is 2.12. The summed E-state index contributed by atoms with van der Waals surface area (Å²) in [5.74, 6) is -6.00.